The lowest BCUT2D eigenvalue weighted by atomic mass is 10.1. The number of amides is 2. The normalized spacial score (nSPS) is 22.0. The summed E-state index contributed by atoms with van der Waals surface area (Å²) in [6.07, 6.45) is 0.292. The zero-order valence-electron chi connectivity index (χ0n) is 12.7. The van der Waals surface area contributed by atoms with Gasteiger partial charge in [-0.2, -0.15) is 11.8 Å². The summed E-state index contributed by atoms with van der Waals surface area (Å²) in [5, 5.41) is 0. The smallest absolute Gasteiger partial charge is 0.228 e. The molecule has 6 heteroatoms. The van der Waals surface area contributed by atoms with Crippen molar-refractivity contribution in [2.24, 2.45) is 5.92 Å². The molecule has 0 saturated carbocycles. The standard InChI is InChI=1S/C16H20N2O3S/c1-21-14-5-3-2-4-13(14)18-11-12(10-15(18)19)16(20)17-6-8-22-9-7-17/h2-5,12H,6-11H2,1H3. The van der Waals surface area contributed by atoms with Crippen LogP contribution < -0.4 is 9.64 Å². The molecule has 22 heavy (non-hydrogen) atoms. The number of carbonyl (C=O) groups excluding carboxylic acids is 2. The monoisotopic (exact) mass is 320 g/mol. The van der Waals surface area contributed by atoms with Crippen LogP contribution in [0.3, 0.4) is 0 Å². The van der Waals surface area contributed by atoms with E-state index < -0.39 is 0 Å². The number of benzene rings is 1. The van der Waals surface area contributed by atoms with Crippen molar-refractivity contribution in [3.05, 3.63) is 24.3 Å². The predicted molar refractivity (Wildman–Crippen MR) is 87.4 cm³/mol. The van der Waals surface area contributed by atoms with Crippen LogP contribution in [0, 0.1) is 5.92 Å². The maximum absolute atomic E-state index is 12.6. The number of thioether (sulfide) groups is 1. The molecule has 1 atom stereocenters. The lowest BCUT2D eigenvalue weighted by Gasteiger charge is -2.28. The number of methoxy groups -OCH3 is 1. The van der Waals surface area contributed by atoms with Crippen LogP contribution >= 0.6 is 11.8 Å². The zero-order valence-corrected chi connectivity index (χ0v) is 13.5. The first-order valence-corrected chi connectivity index (χ1v) is 8.66. The van der Waals surface area contributed by atoms with E-state index >= 15 is 0 Å². The van der Waals surface area contributed by atoms with Gasteiger partial charge in [0.1, 0.15) is 5.75 Å². The molecule has 0 aromatic heterocycles. The van der Waals surface area contributed by atoms with Crippen LogP contribution in [-0.4, -0.2) is 55.0 Å². The van der Waals surface area contributed by atoms with E-state index in [9.17, 15) is 9.59 Å². The van der Waals surface area contributed by atoms with Gasteiger partial charge in [-0.1, -0.05) is 12.1 Å². The first kappa shape index (κ1) is 15.2. The Labute approximate surface area is 134 Å². The molecule has 1 aromatic rings. The number of carbonyl (C=O) groups is 2. The number of rotatable bonds is 3. The van der Waals surface area contributed by atoms with Crippen molar-refractivity contribution in [2.45, 2.75) is 6.42 Å². The van der Waals surface area contributed by atoms with Gasteiger partial charge in [0.25, 0.3) is 0 Å². The van der Waals surface area contributed by atoms with Crippen molar-refractivity contribution >= 4 is 29.3 Å². The number of hydrogen-bond acceptors (Lipinski definition) is 4. The Morgan fingerprint density at radius 1 is 1.27 bits per heavy atom. The highest BCUT2D eigenvalue weighted by Crippen LogP contribution is 2.33. The van der Waals surface area contributed by atoms with Crippen molar-refractivity contribution < 1.29 is 14.3 Å². The Balaban J connectivity index is 1.74. The average Bonchev–Trinajstić information content (AvgIpc) is 2.96. The van der Waals surface area contributed by atoms with E-state index in [2.05, 4.69) is 0 Å². The van der Waals surface area contributed by atoms with Crippen LogP contribution in [0.4, 0.5) is 5.69 Å². The molecule has 2 fully saturated rings. The van der Waals surface area contributed by atoms with Crippen molar-refractivity contribution in [1.29, 1.82) is 0 Å². The van der Waals surface area contributed by atoms with Crippen LogP contribution in [0.2, 0.25) is 0 Å². The molecule has 1 aromatic carbocycles. The maximum Gasteiger partial charge on any atom is 0.228 e. The molecule has 0 bridgehead atoms. The largest absolute Gasteiger partial charge is 0.495 e. The molecule has 0 N–H and O–H groups in total. The summed E-state index contributed by atoms with van der Waals surface area (Å²) >= 11 is 1.87. The Bertz CT molecular complexity index is 572. The van der Waals surface area contributed by atoms with Gasteiger partial charge >= 0.3 is 0 Å². The summed E-state index contributed by atoms with van der Waals surface area (Å²) in [5.74, 6) is 2.52. The van der Waals surface area contributed by atoms with Crippen LogP contribution in [0.25, 0.3) is 0 Å². The molecular formula is C16H20N2O3S. The predicted octanol–water partition coefficient (Wildman–Crippen LogP) is 1.62. The highest BCUT2D eigenvalue weighted by Gasteiger charge is 2.38. The number of nitrogens with zero attached hydrogens (tertiary/aromatic N) is 2. The second kappa shape index (κ2) is 6.60. The Hall–Kier alpha value is -1.69. The van der Waals surface area contributed by atoms with Gasteiger partial charge in [0.15, 0.2) is 0 Å². The van der Waals surface area contributed by atoms with Crippen LogP contribution in [0.1, 0.15) is 6.42 Å². The van der Waals surface area contributed by atoms with Crippen molar-refractivity contribution in [3.8, 4) is 5.75 Å². The number of anilines is 1. The van der Waals surface area contributed by atoms with E-state index in [1.807, 2.05) is 40.9 Å². The number of hydrogen-bond donors (Lipinski definition) is 0. The fourth-order valence-corrected chi connectivity index (χ4v) is 3.90. The second-order valence-electron chi connectivity index (χ2n) is 5.51. The quantitative estimate of drug-likeness (QED) is 0.849. The molecule has 2 amide bonds. The second-order valence-corrected chi connectivity index (χ2v) is 6.74. The fraction of sp³-hybridized carbons (Fsp3) is 0.500. The minimum absolute atomic E-state index is 0.00534. The SMILES string of the molecule is COc1ccccc1N1CC(C(=O)N2CCSCC2)CC1=O. The topological polar surface area (TPSA) is 49.9 Å². The van der Waals surface area contributed by atoms with Crippen LogP contribution in [-0.2, 0) is 9.59 Å². The Morgan fingerprint density at radius 3 is 2.73 bits per heavy atom. The van der Waals surface area contributed by atoms with E-state index in [-0.39, 0.29) is 17.7 Å². The van der Waals surface area contributed by atoms with Gasteiger partial charge < -0.3 is 14.5 Å². The summed E-state index contributed by atoms with van der Waals surface area (Å²) in [5.41, 5.74) is 0.750. The third kappa shape index (κ3) is 2.92. The molecule has 118 valence electrons. The zero-order chi connectivity index (χ0) is 15.5. The van der Waals surface area contributed by atoms with Crippen molar-refractivity contribution in [1.82, 2.24) is 4.90 Å². The molecule has 1 unspecified atom stereocenters. The first-order valence-electron chi connectivity index (χ1n) is 7.50. The summed E-state index contributed by atoms with van der Waals surface area (Å²) in [7, 11) is 1.59. The van der Waals surface area contributed by atoms with E-state index in [0.29, 0.717) is 18.7 Å². The third-order valence-corrected chi connectivity index (χ3v) is 5.12. The van der Waals surface area contributed by atoms with Crippen LogP contribution in [0.15, 0.2) is 24.3 Å². The van der Waals surface area contributed by atoms with Gasteiger partial charge in [0.2, 0.25) is 11.8 Å². The first-order chi connectivity index (χ1) is 10.7. The molecule has 0 spiro atoms. The van der Waals surface area contributed by atoms with Gasteiger partial charge in [-0.25, -0.2) is 0 Å². The van der Waals surface area contributed by atoms with E-state index in [0.717, 1.165) is 30.3 Å². The highest BCUT2D eigenvalue weighted by atomic mass is 32.2. The summed E-state index contributed by atoms with van der Waals surface area (Å²) < 4.78 is 5.33. The minimum atomic E-state index is -0.236. The van der Waals surface area contributed by atoms with Crippen molar-refractivity contribution in [3.63, 3.8) is 0 Å². The number of ether oxygens (including phenoxy) is 1. The van der Waals surface area contributed by atoms with Crippen molar-refractivity contribution in [2.75, 3.05) is 43.1 Å². The summed E-state index contributed by atoms with van der Waals surface area (Å²) in [6.45, 7) is 2.04. The summed E-state index contributed by atoms with van der Waals surface area (Å²) in [6, 6.07) is 7.44. The van der Waals surface area contributed by atoms with Gasteiger partial charge in [-0.3, -0.25) is 9.59 Å². The lowest BCUT2D eigenvalue weighted by Crippen LogP contribution is -2.42. The highest BCUT2D eigenvalue weighted by molar-refractivity contribution is 7.99. The maximum atomic E-state index is 12.6. The third-order valence-electron chi connectivity index (χ3n) is 4.17. The Kier molecular flexibility index (Phi) is 4.57. The Morgan fingerprint density at radius 2 is 2.00 bits per heavy atom. The van der Waals surface area contributed by atoms with Gasteiger partial charge in [0, 0.05) is 37.6 Å². The fourth-order valence-electron chi connectivity index (χ4n) is 3.00. The van der Waals surface area contributed by atoms with E-state index in [1.54, 1.807) is 12.0 Å². The van der Waals surface area contributed by atoms with Gasteiger partial charge in [-0.15, -0.1) is 0 Å². The number of para-hydroxylation sites is 2. The summed E-state index contributed by atoms with van der Waals surface area (Å²) in [4.78, 5) is 28.5. The molecule has 5 nitrogen and oxygen atoms in total. The average molecular weight is 320 g/mol. The molecule has 0 radical (unpaired) electrons. The molecule has 0 aliphatic carbocycles. The molecule has 2 saturated heterocycles. The molecule has 2 aliphatic rings. The van der Waals surface area contributed by atoms with Gasteiger partial charge in [-0.05, 0) is 12.1 Å². The molecule has 2 aliphatic heterocycles. The van der Waals surface area contributed by atoms with Gasteiger partial charge in [0.05, 0.1) is 18.7 Å². The molecule has 3 rings (SSSR count). The minimum Gasteiger partial charge on any atom is -0.495 e. The molecule has 2 heterocycles. The lowest BCUT2D eigenvalue weighted by molar-refractivity contribution is -0.135. The molecular weight excluding hydrogens is 300 g/mol. The van der Waals surface area contributed by atoms with Crippen LogP contribution in [0.5, 0.6) is 5.75 Å². The van der Waals surface area contributed by atoms with E-state index in [4.69, 9.17) is 4.74 Å². The van der Waals surface area contributed by atoms with E-state index in [1.165, 1.54) is 0 Å².